The maximum atomic E-state index is 13.1. The van der Waals surface area contributed by atoms with Gasteiger partial charge in [-0.05, 0) is 47.2 Å². The first-order valence-electron chi connectivity index (χ1n) is 9.62. The molecule has 1 amide bonds. The number of hydrogen-bond acceptors (Lipinski definition) is 4. The lowest BCUT2D eigenvalue weighted by Gasteiger charge is -2.20. The number of halogens is 1. The van der Waals surface area contributed by atoms with Gasteiger partial charge in [-0.2, -0.15) is 0 Å². The van der Waals surface area contributed by atoms with Crippen LogP contribution in [-0.2, 0) is 4.79 Å². The van der Waals surface area contributed by atoms with Gasteiger partial charge in [0.05, 0.1) is 11.9 Å². The summed E-state index contributed by atoms with van der Waals surface area (Å²) in [5.41, 5.74) is 3.90. The first kappa shape index (κ1) is 21.1. The second kappa shape index (κ2) is 9.27. The topological polar surface area (TPSA) is 55.1 Å². The minimum atomic E-state index is -0.304. The lowest BCUT2D eigenvalue weighted by molar-refractivity contribution is -0.113. The molecule has 1 N–H and O–H groups in total. The second-order valence-electron chi connectivity index (χ2n) is 7.46. The van der Waals surface area contributed by atoms with Crippen molar-refractivity contribution in [2.75, 3.05) is 11.1 Å². The quantitative estimate of drug-likeness (QED) is 0.453. The van der Waals surface area contributed by atoms with E-state index in [0.29, 0.717) is 22.8 Å². The highest BCUT2D eigenvalue weighted by Gasteiger charge is 2.17. The highest BCUT2D eigenvalue weighted by molar-refractivity contribution is 7.99. The molecule has 0 atom stereocenters. The van der Waals surface area contributed by atoms with Crippen molar-refractivity contribution in [3.8, 4) is 11.3 Å². The van der Waals surface area contributed by atoms with Gasteiger partial charge in [-0.1, -0.05) is 57.7 Å². The normalized spacial score (nSPS) is 11.3. The van der Waals surface area contributed by atoms with Gasteiger partial charge >= 0.3 is 0 Å². The zero-order valence-corrected chi connectivity index (χ0v) is 17.8. The van der Waals surface area contributed by atoms with Gasteiger partial charge in [-0.15, -0.1) is 0 Å². The molecule has 1 aromatic heterocycles. The van der Waals surface area contributed by atoms with E-state index in [9.17, 15) is 9.18 Å². The van der Waals surface area contributed by atoms with Crippen LogP contribution in [0.25, 0.3) is 11.3 Å². The van der Waals surface area contributed by atoms with Crippen molar-refractivity contribution >= 4 is 23.4 Å². The number of hydrogen-bond donors (Lipinski definition) is 1. The number of nitrogens with zero attached hydrogens (tertiary/aromatic N) is 1. The number of carbonyl (C=O) groups is 1. The van der Waals surface area contributed by atoms with Crippen molar-refractivity contribution in [2.24, 2.45) is 0 Å². The molecule has 0 saturated heterocycles. The number of benzene rings is 2. The molecule has 0 unspecified atom stereocenters. The minimum Gasteiger partial charge on any atom is -0.431 e. The van der Waals surface area contributed by atoms with E-state index in [1.807, 2.05) is 6.07 Å². The Morgan fingerprint density at radius 2 is 1.69 bits per heavy atom. The van der Waals surface area contributed by atoms with Crippen LogP contribution in [0.2, 0.25) is 0 Å². The summed E-state index contributed by atoms with van der Waals surface area (Å²) in [6.07, 6.45) is 1.58. The van der Waals surface area contributed by atoms with E-state index in [1.54, 1.807) is 18.3 Å². The molecule has 0 fully saturated rings. The highest BCUT2D eigenvalue weighted by atomic mass is 32.2. The molecular weight excluding hydrogens is 387 g/mol. The first-order chi connectivity index (χ1) is 13.8. The number of oxazole rings is 1. The summed E-state index contributed by atoms with van der Waals surface area (Å²) in [4.78, 5) is 16.8. The predicted molar refractivity (Wildman–Crippen MR) is 116 cm³/mol. The molecule has 2 aromatic carbocycles. The summed E-state index contributed by atoms with van der Waals surface area (Å²) in [6, 6.07) is 12.2. The van der Waals surface area contributed by atoms with Crippen molar-refractivity contribution in [2.45, 2.75) is 44.8 Å². The summed E-state index contributed by atoms with van der Waals surface area (Å²) in [5, 5.41) is 3.49. The number of thioether (sulfide) groups is 1. The van der Waals surface area contributed by atoms with Crippen molar-refractivity contribution in [3.05, 3.63) is 65.6 Å². The van der Waals surface area contributed by atoms with E-state index in [2.05, 4.69) is 50.1 Å². The summed E-state index contributed by atoms with van der Waals surface area (Å²) in [5.74, 6) is 0.935. The van der Waals surface area contributed by atoms with Crippen molar-refractivity contribution in [1.29, 1.82) is 0 Å². The zero-order chi connectivity index (χ0) is 21.0. The first-order valence-corrected chi connectivity index (χ1v) is 10.6. The van der Waals surface area contributed by atoms with Crippen molar-refractivity contribution in [1.82, 2.24) is 4.98 Å². The van der Waals surface area contributed by atoms with Gasteiger partial charge in [0.2, 0.25) is 5.91 Å². The number of para-hydroxylation sites is 1. The van der Waals surface area contributed by atoms with E-state index in [1.165, 1.54) is 23.9 Å². The standard InChI is InChI=1S/C23H25FN2O2S/c1-14(2)18-6-5-7-19(15(3)4)22(18)26-21(27)13-29-23-25-12-20(28-23)16-8-10-17(24)11-9-16/h5-12,14-15H,13H2,1-4H3,(H,26,27). The monoisotopic (exact) mass is 412 g/mol. The van der Waals surface area contributed by atoms with Crippen LogP contribution in [0, 0.1) is 5.82 Å². The predicted octanol–water partition coefficient (Wildman–Crippen LogP) is 6.46. The Hall–Kier alpha value is -2.60. The van der Waals surface area contributed by atoms with Crippen LogP contribution in [0.15, 0.2) is 58.3 Å². The molecule has 0 saturated carbocycles. The molecule has 0 aliphatic carbocycles. The molecule has 0 radical (unpaired) electrons. The van der Waals surface area contributed by atoms with Gasteiger partial charge in [0.15, 0.2) is 5.76 Å². The van der Waals surface area contributed by atoms with E-state index < -0.39 is 0 Å². The number of carbonyl (C=O) groups excluding carboxylic acids is 1. The molecule has 29 heavy (non-hydrogen) atoms. The lowest BCUT2D eigenvalue weighted by Crippen LogP contribution is -2.17. The Morgan fingerprint density at radius 3 is 2.28 bits per heavy atom. The summed E-state index contributed by atoms with van der Waals surface area (Å²) in [7, 11) is 0. The number of rotatable bonds is 7. The molecule has 3 rings (SSSR count). The van der Waals surface area contributed by atoms with Crippen molar-refractivity contribution < 1.29 is 13.6 Å². The molecular formula is C23H25FN2O2S. The summed E-state index contributed by atoms with van der Waals surface area (Å²) < 4.78 is 18.7. The van der Waals surface area contributed by atoms with Crippen LogP contribution in [0.3, 0.4) is 0 Å². The molecule has 0 spiro atoms. The van der Waals surface area contributed by atoms with Gasteiger partial charge in [0, 0.05) is 11.3 Å². The Balaban J connectivity index is 1.67. The molecule has 1 heterocycles. The smallest absolute Gasteiger partial charge is 0.256 e. The van der Waals surface area contributed by atoms with E-state index >= 15 is 0 Å². The molecule has 4 nitrogen and oxygen atoms in total. The molecule has 0 aliphatic rings. The maximum Gasteiger partial charge on any atom is 0.256 e. The molecule has 0 aliphatic heterocycles. The van der Waals surface area contributed by atoms with Gasteiger partial charge in [0.1, 0.15) is 5.82 Å². The molecule has 3 aromatic rings. The molecule has 152 valence electrons. The van der Waals surface area contributed by atoms with Crippen LogP contribution in [0.5, 0.6) is 0 Å². The van der Waals surface area contributed by atoms with Gasteiger partial charge in [-0.25, -0.2) is 9.37 Å². The third kappa shape index (κ3) is 5.26. The summed E-state index contributed by atoms with van der Waals surface area (Å²) in [6.45, 7) is 8.47. The average molecular weight is 413 g/mol. The number of nitrogens with one attached hydrogen (secondary N) is 1. The van der Waals surface area contributed by atoms with Crippen LogP contribution >= 0.6 is 11.8 Å². The fraction of sp³-hybridized carbons (Fsp3) is 0.304. The average Bonchev–Trinajstić information content (AvgIpc) is 3.15. The molecule has 6 heteroatoms. The van der Waals surface area contributed by atoms with Gasteiger partial charge in [-0.3, -0.25) is 4.79 Å². The van der Waals surface area contributed by atoms with Crippen LogP contribution in [-0.4, -0.2) is 16.6 Å². The second-order valence-corrected chi connectivity index (χ2v) is 8.38. The lowest BCUT2D eigenvalue weighted by atomic mass is 9.92. The number of anilines is 1. The Labute approximate surface area is 174 Å². The fourth-order valence-corrected chi connectivity index (χ4v) is 3.67. The van der Waals surface area contributed by atoms with Crippen LogP contribution < -0.4 is 5.32 Å². The largest absolute Gasteiger partial charge is 0.431 e. The van der Waals surface area contributed by atoms with E-state index in [0.717, 1.165) is 22.4 Å². The highest BCUT2D eigenvalue weighted by Crippen LogP contribution is 2.33. The fourth-order valence-electron chi connectivity index (χ4n) is 3.07. The maximum absolute atomic E-state index is 13.1. The molecule has 0 bridgehead atoms. The Morgan fingerprint density at radius 1 is 1.07 bits per heavy atom. The summed E-state index contributed by atoms with van der Waals surface area (Å²) >= 11 is 1.23. The third-order valence-electron chi connectivity index (χ3n) is 4.58. The van der Waals surface area contributed by atoms with Crippen LogP contribution in [0.1, 0.15) is 50.7 Å². The Kier molecular flexibility index (Phi) is 6.75. The number of aromatic nitrogens is 1. The van der Waals surface area contributed by atoms with E-state index in [4.69, 9.17) is 4.42 Å². The van der Waals surface area contributed by atoms with Crippen molar-refractivity contribution in [3.63, 3.8) is 0 Å². The van der Waals surface area contributed by atoms with Gasteiger partial charge in [0.25, 0.3) is 5.22 Å². The SMILES string of the molecule is CC(C)c1cccc(C(C)C)c1NC(=O)CSc1ncc(-c2ccc(F)cc2)o1. The van der Waals surface area contributed by atoms with Gasteiger partial charge < -0.3 is 9.73 Å². The zero-order valence-electron chi connectivity index (χ0n) is 17.0. The Bertz CT molecular complexity index is 955. The van der Waals surface area contributed by atoms with E-state index in [-0.39, 0.29) is 17.5 Å². The minimum absolute atomic E-state index is 0.105. The van der Waals surface area contributed by atoms with Crippen LogP contribution in [0.4, 0.5) is 10.1 Å². The third-order valence-corrected chi connectivity index (χ3v) is 5.42. The number of amides is 1.